The first-order valence-electron chi connectivity index (χ1n) is 11.7. The smallest absolute Gasteiger partial charge is 0.261 e. The summed E-state index contributed by atoms with van der Waals surface area (Å²) in [6.45, 7) is 7.84. The van der Waals surface area contributed by atoms with Gasteiger partial charge in [-0.25, -0.2) is 0 Å². The first-order valence-corrected chi connectivity index (χ1v) is 12.1. The highest BCUT2D eigenvalue weighted by molar-refractivity contribution is 6.32. The number of halogens is 1. The third kappa shape index (κ3) is 7.86. The summed E-state index contributed by atoms with van der Waals surface area (Å²) in [5.74, 6) is -0.0729. The Kier molecular flexibility index (Phi) is 8.94. The lowest BCUT2D eigenvalue weighted by Gasteiger charge is -2.34. The molecule has 0 unspecified atom stereocenters. The first-order chi connectivity index (χ1) is 16.6. The van der Waals surface area contributed by atoms with E-state index in [0.717, 1.165) is 16.7 Å². The number of hydrogen-bond acceptors (Lipinski definition) is 3. The summed E-state index contributed by atoms with van der Waals surface area (Å²) >= 11 is 6.22. The average molecular weight is 493 g/mol. The number of aryl methyl sites for hydroxylation is 1. The van der Waals surface area contributed by atoms with Crippen LogP contribution in [0.1, 0.15) is 37.5 Å². The van der Waals surface area contributed by atoms with Crippen molar-refractivity contribution < 1.29 is 14.3 Å². The van der Waals surface area contributed by atoms with Gasteiger partial charge in [-0.1, -0.05) is 78.3 Å². The molecular weight excluding hydrogens is 460 g/mol. The third-order valence-electron chi connectivity index (χ3n) is 5.56. The maximum Gasteiger partial charge on any atom is 0.261 e. The molecule has 0 heterocycles. The molecule has 35 heavy (non-hydrogen) atoms. The van der Waals surface area contributed by atoms with E-state index in [-0.39, 0.29) is 25.0 Å². The van der Waals surface area contributed by atoms with Crippen molar-refractivity contribution in [2.24, 2.45) is 0 Å². The van der Waals surface area contributed by atoms with Crippen LogP contribution < -0.4 is 10.1 Å². The number of rotatable bonds is 9. The molecule has 0 radical (unpaired) electrons. The van der Waals surface area contributed by atoms with Crippen LogP contribution in [-0.4, -0.2) is 34.9 Å². The van der Waals surface area contributed by atoms with Crippen LogP contribution >= 0.6 is 11.6 Å². The van der Waals surface area contributed by atoms with Crippen molar-refractivity contribution in [1.29, 1.82) is 0 Å². The minimum atomic E-state index is -0.724. The zero-order valence-electron chi connectivity index (χ0n) is 20.8. The molecule has 0 saturated heterocycles. The molecule has 1 atom stereocenters. The van der Waals surface area contributed by atoms with Gasteiger partial charge in [0.1, 0.15) is 11.8 Å². The number of carbonyl (C=O) groups is 2. The second-order valence-electron chi connectivity index (χ2n) is 9.61. The lowest BCUT2D eigenvalue weighted by Crippen LogP contribution is -2.55. The molecule has 0 aromatic heterocycles. The number of carbonyl (C=O) groups excluding carboxylic acids is 2. The van der Waals surface area contributed by atoms with Gasteiger partial charge in [0.05, 0.1) is 5.02 Å². The maximum absolute atomic E-state index is 13.6. The number of ether oxygens (including phenoxy) is 1. The van der Waals surface area contributed by atoms with E-state index >= 15 is 0 Å². The van der Waals surface area contributed by atoms with E-state index in [1.165, 1.54) is 0 Å². The van der Waals surface area contributed by atoms with E-state index in [1.807, 2.05) is 82.3 Å². The molecular formula is C29H33ClN2O3. The van der Waals surface area contributed by atoms with Gasteiger partial charge in [-0.05, 0) is 56.5 Å². The average Bonchev–Trinajstić information content (AvgIpc) is 2.81. The fraction of sp³-hybridized carbons (Fsp3) is 0.310. The molecule has 3 rings (SSSR count). The van der Waals surface area contributed by atoms with Crippen molar-refractivity contribution in [1.82, 2.24) is 10.2 Å². The molecule has 184 valence electrons. The number of hydrogen-bond donors (Lipinski definition) is 1. The van der Waals surface area contributed by atoms with Gasteiger partial charge < -0.3 is 15.0 Å². The van der Waals surface area contributed by atoms with Crippen molar-refractivity contribution in [3.05, 3.63) is 101 Å². The molecule has 3 aromatic rings. The van der Waals surface area contributed by atoms with E-state index in [0.29, 0.717) is 17.2 Å². The molecule has 0 aliphatic heterocycles. The molecule has 0 spiro atoms. The Bertz CT molecular complexity index is 1140. The van der Waals surface area contributed by atoms with Gasteiger partial charge in [-0.15, -0.1) is 0 Å². The summed E-state index contributed by atoms with van der Waals surface area (Å²) in [5, 5.41) is 3.49. The van der Waals surface area contributed by atoms with E-state index in [4.69, 9.17) is 16.3 Å². The second-order valence-corrected chi connectivity index (χ2v) is 10.0. The molecule has 0 saturated carbocycles. The predicted molar refractivity (Wildman–Crippen MR) is 141 cm³/mol. The van der Waals surface area contributed by atoms with Crippen LogP contribution in [0.5, 0.6) is 5.75 Å². The van der Waals surface area contributed by atoms with Gasteiger partial charge in [0.15, 0.2) is 6.61 Å². The first kappa shape index (κ1) is 26.3. The summed E-state index contributed by atoms with van der Waals surface area (Å²) in [5.41, 5.74) is 2.54. The fourth-order valence-corrected chi connectivity index (χ4v) is 3.95. The minimum absolute atomic E-state index is 0.207. The number of amides is 2. The van der Waals surface area contributed by atoms with Crippen molar-refractivity contribution in [3.63, 3.8) is 0 Å². The molecule has 3 aromatic carbocycles. The topological polar surface area (TPSA) is 58.6 Å². The molecule has 5 nitrogen and oxygen atoms in total. The number of nitrogens with one attached hydrogen (secondary N) is 1. The van der Waals surface area contributed by atoms with Crippen LogP contribution in [-0.2, 0) is 22.6 Å². The second kappa shape index (κ2) is 11.9. The predicted octanol–water partition coefficient (Wildman–Crippen LogP) is 5.58. The number of nitrogens with zero attached hydrogens (tertiary/aromatic N) is 1. The highest BCUT2D eigenvalue weighted by Gasteiger charge is 2.32. The summed E-state index contributed by atoms with van der Waals surface area (Å²) in [6.07, 6.45) is 0.381. The van der Waals surface area contributed by atoms with Crippen molar-refractivity contribution in [2.45, 2.75) is 52.2 Å². The van der Waals surface area contributed by atoms with E-state index in [9.17, 15) is 9.59 Å². The van der Waals surface area contributed by atoms with E-state index in [1.54, 1.807) is 29.2 Å². The van der Waals surface area contributed by atoms with Crippen LogP contribution in [0.2, 0.25) is 5.02 Å². The number of benzene rings is 3. The van der Waals surface area contributed by atoms with Crippen LogP contribution in [0.4, 0.5) is 0 Å². The van der Waals surface area contributed by atoms with E-state index in [2.05, 4.69) is 5.32 Å². The Morgan fingerprint density at radius 3 is 2.23 bits per heavy atom. The summed E-state index contributed by atoms with van der Waals surface area (Å²) < 4.78 is 5.77. The molecule has 0 aliphatic carbocycles. The summed E-state index contributed by atoms with van der Waals surface area (Å²) in [7, 11) is 0. The quantitative estimate of drug-likeness (QED) is 0.424. The van der Waals surface area contributed by atoms with Crippen LogP contribution in [0.15, 0.2) is 78.9 Å². The SMILES string of the molecule is Cc1ccccc1CN(C(=O)COc1ccccc1Cl)[C@@H](Cc1ccccc1)C(=O)NC(C)(C)C. The third-order valence-corrected chi connectivity index (χ3v) is 5.87. The zero-order valence-corrected chi connectivity index (χ0v) is 21.5. The maximum atomic E-state index is 13.6. The van der Waals surface area contributed by atoms with Crippen molar-refractivity contribution in [3.8, 4) is 5.75 Å². The van der Waals surface area contributed by atoms with Crippen molar-refractivity contribution >= 4 is 23.4 Å². The summed E-state index contributed by atoms with van der Waals surface area (Å²) in [6, 6.07) is 23.9. The Morgan fingerprint density at radius 1 is 0.943 bits per heavy atom. The Morgan fingerprint density at radius 2 is 1.57 bits per heavy atom. The highest BCUT2D eigenvalue weighted by atomic mass is 35.5. The van der Waals surface area contributed by atoms with Crippen LogP contribution in [0.25, 0.3) is 0 Å². The monoisotopic (exact) mass is 492 g/mol. The van der Waals surface area contributed by atoms with Gasteiger partial charge in [-0.3, -0.25) is 9.59 Å². The van der Waals surface area contributed by atoms with Crippen molar-refractivity contribution in [2.75, 3.05) is 6.61 Å². The van der Waals surface area contributed by atoms with Gasteiger partial charge in [0, 0.05) is 18.5 Å². The molecule has 6 heteroatoms. The van der Waals surface area contributed by atoms with Crippen LogP contribution in [0.3, 0.4) is 0 Å². The molecule has 0 fully saturated rings. The number of para-hydroxylation sites is 1. The van der Waals surface area contributed by atoms with Crippen LogP contribution in [0, 0.1) is 6.92 Å². The van der Waals surface area contributed by atoms with Gasteiger partial charge >= 0.3 is 0 Å². The van der Waals surface area contributed by atoms with E-state index < -0.39 is 11.6 Å². The Labute approximate surface area is 213 Å². The normalized spacial score (nSPS) is 12.0. The highest BCUT2D eigenvalue weighted by Crippen LogP contribution is 2.24. The van der Waals surface area contributed by atoms with Gasteiger partial charge in [-0.2, -0.15) is 0 Å². The molecule has 0 aliphatic rings. The van der Waals surface area contributed by atoms with Gasteiger partial charge in [0.25, 0.3) is 5.91 Å². The summed E-state index contributed by atoms with van der Waals surface area (Å²) in [4.78, 5) is 28.8. The largest absolute Gasteiger partial charge is 0.482 e. The Balaban J connectivity index is 1.95. The lowest BCUT2D eigenvalue weighted by molar-refractivity contribution is -0.143. The molecule has 2 amide bonds. The minimum Gasteiger partial charge on any atom is -0.482 e. The standard InChI is InChI=1S/C29H33ClN2O3/c1-21-12-8-9-15-23(21)19-32(27(33)20-35-26-17-11-10-16-24(26)30)25(28(34)31-29(2,3)4)18-22-13-6-5-7-14-22/h5-17,25H,18-20H2,1-4H3,(H,31,34)/t25-/m0/s1. The van der Waals surface area contributed by atoms with Gasteiger partial charge in [0.2, 0.25) is 5.91 Å². The molecule has 0 bridgehead atoms. The fourth-order valence-electron chi connectivity index (χ4n) is 3.76. The lowest BCUT2D eigenvalue weighted by atomic mass is 10.00. The Hall–Kier alpha value is -3.31. The molecule has 1 N–H and O–H groups in total. The zero-order chi connectivity index (χ0) is 25.4.